The van der Waals surface area contributed by atoms with E-state index in [4.69, 9.17) is 9.15 Å². The number of nitrogens with one attached hydrogen (secondary N) is 1. The molecule has 0 atom stereocenters. The highest BCUT2D eigenvalue weighted by molar-refractivity contribution is 7.98. The number of carbonyl (C=O) groups is 1. The summed E-state index contributed by atoms with van der Waals surface area (Å²) in [5, 5.41) is 3.23. The molecule has 1 amide bonds. The summed E-state index contributed by atoms with van der Waals surface area (Å²) in [6.45, 7) is 4.70. The molecule has 5 heteroatoms. The van der Waals surface area contributed by atoms with E-state index in [2.05, 4.69) is 48.1 Å². The zero-order valence-corrected chi connectivity index (χ0v) is 22.5. The Balaban J connectivity index is 1.29. The lowest BCUT2D eigenvalue weighted by Gasteiger charge is -2.10. The van der Waals surface area contributed by atoms with Crippen LogP contribution in [0.2, 0.25) is 0 Å². The second-order valence-electron chi connectivity index (χ2n) is 9.08. The first kappa shape index (κ1) is 25.7. The minimum atomic E-state index is -0.233. The van der Waals surface area contributed by atoms with Crippen molar-refractivity contribution in [3.8, 4) is 5.75 Å². The molecule has 4 aromatic carbocycles. The largest absolute Gasteiger partial charge is 0.493 e. The Labute approximate surface area is 227 Å². The van der Waals surface area contributed by atoms with Gasteiger partial charge in [-0.3, -0.25) is 9.52 Å². The van der Waals surface area contributed by atoms with Crippen LogP contribution in [0.5, 0.6) is 5.75 Å². The molecule has 38 heavy (non-hydrogen) atoms. The highest BCUT2D eigenvalue weighted by Gasteiger charge is 2.20. The molecule has 0 radical (unpaired) electrons. The lowest BCUT2D eigenvalue weighted by molar-refractivity contribution is 0.0958. The van der Waals surface area contributed by atoms with Crippen molar-refractivity contribution < 1.29 is 13.9 Å². The van der Waals surface area contributed by atoms with Gasteiger partial charge in [-0.1, -0.05) is 79.7 Å². The molecule has 0 aliphatic carbocycles. The van der Waals surface area contributed by atoms with Crippen LogP contribution in [-0.2, 0) is 12.8 Å². The molecule has 0 unspecified atom stereocenters. The molecule has 0 saturated carbocycles. The first-order chi connectivity index (χ1) is 18.7. The molecular formula is C33H31NO3S. The van der Waals surface area contributed by atoms with Crippen molar-refractivity contribution in [2.75, 3.05) is 6.61 Å². The van der Waals surface area contributed by atoms with E-state index in [9.17, 15) is 4.79 Å². The summed E-state index contributed by atoms with van der Waals surface area (Å²) in [5.74, 6) is 1.01. The first-order valence-corrected chi connectivity index (χ1v) is 13.8. The van der Waals surface area contributed by atoms with Crippen molar-refractivity contribution in [3.63, 3.8) is 0 Å². The number of aryl methyl sites for hydroxylation is 2. The number of hydrogen-bond acceptors (Lipinski definition) is 4. The molecule has 4 nitrogen and oxygen atoms in total. The maximum Gasteiger partial charge on any atom is 0.297 e. The smallest absolute Gasteiger partial charge is 0.297 e. The Kier molecular flexibility index (Phi) is 8.15. The van der Waals surface area contributed by atoms with Crippen LogP contribution in [0.1, 0.15) is 47.5 Å². The molecule has 0 bridgehead atoms. The maximum absolute atomic E-state index is 13.3. The number of carbonyl (C=O) groups excluding carboxylic acids is 1. The standard InChI is InChI=1S/C33H31NO3S/c1-3-11-25-22-26(20-19-23(25)4-2)38-34-33(35)32-29(28-15-7-8-17-31(28)37-32)16-10-21-36-30-18-9-13-24-12-5-6-14-27(24)30/h3,5-9,11-15,17-20,22H,4,10,16,21H2,1-2H3,(H,34,35)/b11-3-. The van der Waals surface area contributed by atoms with E-state index in [0.29, 0.717) is 18.8 Å². The molecule has 0 aliphatic heterocycles. The molecule has 192 valence electrons. The predicted molar refractivity (Wildman–Crippen MR) is 158 cm³/mol. The van der Waals surface area contributed by atoms with Gasteiger partial charge in [-0.2, -0.15) is 0 Å². The SMILES string of the molecule is C/C=C\c1cc(SNC(=O)c2oc3ccccc3c2CCCOc2cccc3ccccc23)ccc1CC. The Hall–Kier alpha value is -3.96. The lowest BCUT2D eigenvalue weighted by Crippen LogP contribution is -2.17. The number of allylic oxidation sites excluding steroid dienone is 1. The van der Waals surface area contributed by atoms with Crippen LogP contribution in [0.3, 0.4) is 0 Å². The average Bonchev–Trinajstić information content (AvgIpc) is 3.33. The summed E-state index contributed by atoms with van der Waals surface area (Å²) >= 11 is 1.31. The quantitative estimate of drug-likeness (QED) is 0.148. The fourth-order valence-electron chi connectivity index (χ4n) is 4.73. The summed E-state index contributed by atoms with van der Waals surface area (Å²) in [6, 6.07) is 28.4. The number of amides is 1. The van der Waals surface area contributed by atoms with Gasteiger partial charge in [0.25, 0.3) is 5.91 Å². The zero-order chi connectivity index (χ0) is 26.3. The van der Waals surface area contributed by atoms with Gasteiger partial charge >= 0.3 is 0 Å². The van der Waals surface area contributed by atoms with Crippen molar-refractivity contribution in [1.82, 2.24) is 4.72 Å². The van der Waals surface area contributed by atoms with Crippen molar-refractivity contribution in [1.29, 1.82) is 0 Å². The molecule has 0 aliphatic rings. The van der Waals surface area contributed by atoms with Gasteiger partial charge in [0.05, 0.1) is 6.61 Å². The molecule has 1 N–H and O–H groups in total. The van der Waals surface area contributed by atoms with Crippen molar-refractivity contribution in [3.05, 3.63) is 113 Å². The molecular weight excluding hydrogens is 490 g/mol. The Bertz CT molecular complexity index is 1600. The summed E-state index contributed by atoms with van der Waals surface area (Å²) in [6.07, 6.45) is 6.52. The highest BCUT2D eigenvalue weighted by Crippen LogP contribution is 2.29. The van der Waals surface area contributed by atoms with Crippen LogP contribution >= 0.6 is 11.9 Å². The minimum Gasteiger partial charge on any atom is -0.493 e. The van der Waals surface area contributed by atoms with Gasteiger partial charge in [0.15, 0.2) is 5.76 Å². The fourth-order valence-corrected chi connectivity index (χ4v) is 5.35. The van der Waals surface area contributed by atoms with Gasteiger partial charge in [0, 0.05) is 21.2 Å². The Morgan fingerprint density at radius 1 is 0.974 bits per heavy atom. The Morgan fingerprint density at radius 2 is 1.76 bits per heavy atom. The normalized spacial score (nSPS) is 11.4. The average molecular weight is 522 g/mol. The molecule has 5 rings (SSSR count). The van der Waals surface area contributed by atoms with Crippen LogP contribution in [0, 0.1) is 0 Å². The van der Waals surface area contributed by atoms with Crippen LogP contribution in [-0.4, -0.2) is 12.5 Å². The third-order valence-corrected chi connectivity index (χ3v) is 7.37. The Morgan fingerprint density at radius 3 is 2.61 bits per heavy atom. The van der Waals surface area contributed by atoms with Crippen molar-refractivity contribution in [2.24, 2.45) is 0 Å². The van der Waals surface area contributed by atoms with Gasteiger partial charge in [0.2, 0.25) is 0 Å². The van der Waals surface area contributed by atoms with Crippen LogP contribution < -0.4 is 9.46 Å². The number of hydrogen-bond donors (Lipinski definition) is 1. The molecule has 1 aromatic heterocycles. The lowest BCUT2D eigenvalue weighted by atomic mass is 10.1. The van der Waals surface area contributed by atoms with Crippen LogP contribution in [0.4, 0.5) is 0 Å². The zero-order valence-electron chi connectivity index (χ0n) is 21.7. The van der Waals surface area contributed by atoms with E-state index in [1.54, 1.807) is 0 Å². The number of furan rings is 1. The van der Waals surface area contributed by atoms with Crippen LogP contribution in [0.15, 0.2) is 100 Å². The number of ether oxygens (including phenoxy) is 1. The summed E-state index contributed by atoms with van der Waals surface area (Å²) in [4.78, 5) is 14.2. The number of benzene rings is 4. The van der Waals surface area contributed by atoms with Gasteiger partial charge in [-0.05, 0) is 78.9 Å². The van der Waals surface area contributed by atoms with Crippen molar-refractivity contribution >= 4 is 45.7 Å². The maximum atomic E-state index is 13.3. The summed E-state index contributed by atoms with van der Waals surface area (Å²) in [5.41, 5.74) is 4.08. The third-order valence-electron chi connectivity index (χ3n) is 6.59. The van der Waals surface area contributed by atoms with E-state index in [-0.39, 0.29) is 5.91 Å². The van der Waals surface area contributed by atoms with E-state index in [1.165, 1.54) is 23.1 Å². The summed E-state index contributed by atoms with van der Waals surface area (Å²) < 4.78 is 15.2. The topological polar surface area (TPSA) is 51.5 Å². The first-order valence-electron chi connectivity index (χ1n) is 13.0. The number of para-hydroxylation sites is 1. The summed E-state index contributed by atoms with van der Waals surface area (Å²) in [7, 11) is 0. The van der Waals surface area contributed by atoms with Crippen molar-refractivity contribution in [2.45, 2.75) is 38.0 Å². The third kappa shape index (κ3) is 5.63. The monoisotopic (exact) mass is 521 g/mol. The molecule has 1 heterocycles. The number of rotatable bonds is 10. The van der Waals surface area contributed by atoms with Gasteiger partial charge in [-0.25, -0.2) is 0 Å². The molecule has 0 spiro atoms. The second kappa shape index (κ2) is 12.1. The molecule has 0 fully saturated rings. The van der Waals surface area contributed by atoms with E-state index in [0.717, 1.165) is 50.8 Å². The van der Waals surface area contributed by atoms with E-state index < -0.39 is 0 Å². The highest BCUT2D eigenvalue weighted by atomic mass is 32.2. The van der Waals surface area contributed by atoms with E-state index in [1.807, 2.05) is 67.6 Å². The predicted octanol–water partition coefficient (Wildman–Crippen LogP) is 8.63. The van der Waals surface area contributed by atoms with E-state index >= 15 is 0 Å². The molecule has 0 saturated heterocycles. The van der Waals surface area contributed by atoms with Gasteiger partial charge < -0.3 is 9.15 Å². The van der Waals surface area contributed by atoms with Gasteiger partial charge in [-0.15, -0.1) is 0 Å². The fraction of sp³-hybridized carbons (Fsp3) is 0.182. The van der Waals surface area contributed by atoms with Gasteiger partial charge in [0.1, 0.15) is 11.3 Å². The minimum absolute atomic E-state index is 0.233. The molecule has 5 aromatic rings. The number of fused-ring (bicyclic) bond motifs is 2. The van der Waals surface area contributed by atoms with Crippen LogP contribution in [0.25, 0.3) is 27.8 Å². The second-order valence-corrected chi connectivity index (χ2v) is 9.96.